The van der Waals surface area contributed by atoms with Crippen LogP contribution in [0.2, 0.25) is 0 Å². The van der Waals surface area contributed by atoms with E-state index < -0.39 is 20.0 Å². The number of rotatable bonds is 2. The van der Waals surface area contributed by atoms with Crippen molar-refractivity contribution in [3.8, 4) is 0 Å². The third-order valence-corrected chi connectivity index (χ3v) is 12.1. The molecule has 5 nitrogen and oxygen atoms in total. The molecule has 0 fully saturated rings. The van der Waals surface area contributed by atoms with E-state index in [2.05, 4.69) is 30.1 Å². The molecule has 0 saturated carbocycles. The first-order valence-electron chi connectivity index (χ1n) is 14.0. The van der Waals surface area contributed by atoms with E-state index in [0.717, 1.165) is 32.7 Å². The zero-order valence-electron chi connectivity index (χ0n) is 24.6. The molecular formula is C33H39NO4S2. The van der Waals surface area contributed by atoms with Gasteiger partial charge in [-0.3, -0.25) is 0 Å². The normalized spacial score (nSPS) is 20.6. The van der Waals surface area contributed by atoms with Crippen molar-refractivity contribution in [1.29, 1.82) is 0 Å². The molecule has 1 aliphatic rings. The summed E-state index contributed by atoms with van der Waals surface area (Å²) >= 11 is 0. The van der Waals surface area contributed by atoms with Gasteiger partial charge in [0.25, 0.3) is 20.0 Å². The molecule has 0 radical (unpaired) electrons. The maximum Gasteiger partial charge on any atom is 0.254 e. The van der Waals surface area contributed by atoms with Gasteiger partial charge < -0.3 is 0 Å². The molecular weight excluding hydrogens is 539 g/mol. The molecule has 40 heavy (non-hydrogen) atoms. The number of benzene rings is 4. The summed E-state index contributed by atoms with van der Waals surface area (Å²) in [6.07, 6.45) is 0.597. The number of hydrogen-bond acceptors (Lipinski definition) is 4. The van der Waals surface area contributed by atoms with Gasteiger partial charge in [0, 0.05) is 0 Å². The summed E-state index contributed by atoms with van der Waals surface area (Å²) in [6.45, 7) is 16.0. The third kappa shape index (κ3) is 4.76. The second-order valence-corrected chi connectivity index (χ2v) is 15.8. The highest BCUT2D eigenvalue weighted by Gasteiger charge is 2.38. The first-order chi connectivity index (χ1) is 18.6. The smallest absolute Gasteiger partial charge is 0.206 e. The fourth-order valence-electron chi connectivity index (χ4n) is 6.55. The summed E-state index contributed by atoms with van der Waals surface area (Å²) in [4.78, 5) is 0.209. The van der Waals surface area contributed by atoms with Crippen LogP contribution in [0.3, 0.4) is 0 Å². The van der Waals surface area contributed by atoms with Crippen molar-refractivity contribution in [3.05, 3.63) is 81.9 Å². The molecule has 2 unspecified atom stereocenters. The Morgan fingerprint density at radius 3 is 1.38 bits per heavy atom. The highest BCUT2D eigenvalue weighted by molar-refractivity contribution is 8.04. The van der Waals surface area contributed by atoms with Crippen LogP contribution in [-0.2, 0) is 20.0 Å². The molecule has 212 valence electrons. The van der Waals surface area contributed by atoms with E-state index in [1.54, 1.807) is 0 Å². The molecule has 0 amide bonds. The van der Waals surface area contributed by atoms with Gasteiger partial charge in [-0.1, -0.05) is 89.1 Å². The maximum atomic E-state index is 14.3. The Hall–Kier alpha value is -2.74. The molecule has 4 aromatic rings. The number of fused-ring (bicyclic) bond motifs is 6. The lowest BCUT2D eigenvalue weighted by Crippen LogP contribution is -2.35. The minimum Gasteiger partial charge on any atom is -0.206 e. The van der Waals surface area contributed by atoms with Gasteiger partial charge in [-0.2, -0.15) is 0 Å². The Kier molecular flexibility index (Phi) is 7.17. The van der Waals surface area contributed by atoms with Crippen molar-refractivity contribution in [1.82, 2.24) is 4.13 Å². The lowest BCUT2D eigenvalue weighted by Gasteiger charge is -2.30. The Labute approximate surface area is 239 Å². The molecule has 0 saturated heterocycles. The van der Waals surface area contributed by atoms with Crippen LogP contribution in [-0.4, -0.2) is 16.8 Å². The van der Waals surface area contributed by atoms with Gasteiger partial charge in [-0.05, 0) is 99.9 Å². The van der Waals surface area contributed by atoms with E-state index in [-0.39, 0.29) is 33.5 Å². The van der Waals surface area contributed by atoms with Gasteiger partial charge in [0.15, 0.2) is 0 Å². The maximum absolute atomic E-state index is 14.3. The summed E-state index contributed by atoms with van der Waals surface area (Å²) in [5.41, 5.74) is 4.83. The number of hydrogen-bond donors (Lipinski definition) is 1. The van der Waals surface area contributed by atoms with Crippen LogP contribution in [0.15, 0.2) is 58.3 Å². The summed E-state index contributed by atoms with van der Waals surface area (Å²) < 4.78 is 59.4. The molecule has 0 spiro atoms. The minimum absolute atomic E-state index is 0.105. The van der Waals surface area contributed by atoms with Gasteiger partial charge in [-0.25, -0.2) is 16.8 Å². The lowest BCUT2D eigenvalue weighted by atomic mass is 9.81. The van der Waals surface area contributed by atoms with Crippen LogP contribution < -0.4 is 4.13 Å². The van der Waals surface area contributed by atoms with Gasteiger partial charge in [0.05, 0.1) is 9.79 Å². The van der Waals surface area contributed by atoms with Crippen molar-refractivity contribution in [2.45, 2.75) is 95.3 Å². The van der Waals surface area contributed by atoms with E-state index in [9.17, 15) is 16.8 Å². The first kappa shape index (κ1) is 28.8. The fraction of sp³-hybridized carbons (Fsp3) is 0.394. The van der Waals surface area contributed by atoms with Crippen molar-refractivity contribution in [3.63, 3.8) is 0 Å². The lowest BCUT2D eigenvalue weighted by molar-refractivity contribution is 0.551. The van der Waals surface area contributed by atoms with Crippen LogP contribution in [0.4, 0.5) is 0 Å². The Bertz CT molecular complexity index is 1750. The molecule has 5 rings (SSSR count). The third-order valence-electron chi connectivity index (χ3n) is 8.32. The molecule has 1 N–H and O–H groups in total. The van der Waals surface area contributed by atoms with Crippen LogP contribution in [0.5, 0.6) is 0 Å². The molecule has 1 aliphatic heterocycles. The Morgan fingerprint density at radius 1 is 0.650 bits per heavy atom. The summed E-state index contributed by atoms with van der Waals surface area (Å²) in [6, 6.07) is 15.9. The molecule has 4 aromatic carbocycles. The van der Waals surface area contributed by atoms with Gasteiger partial charge in [-0.15, -0.1) is 4.13 Å². The van der Waals surface area contributed by atoms with Crippen LogP contribution >= 0.6 is 0 Å². The zero-order valence-corrected chi connectivity index (χ0v) is 26.2. The number of aryl methyl sites for hydroxylation is 2. The van der Waals surface area contributed by atoms with Crippen LogP contribution in [0, 0.1) is 13.8 Å². The van der Waals surface area contributed by atoms with E-state index in [0.29, 0.717) is 28.7 Å². The highest BCUT2D eigenvalue weighted by atomic mass is 32.3. The molecule has 0 aromatic heterocycles. The predicted molar refractivity (Wildman–Crippen MR) is 165 cm³/mol. The molecule has 2 atom stereocenters. The van der Waals surface area contributed by atoms with E-state index in [1.807, 2.05) is 77.9 Å². The average Bonchev–Trinajstić information content (AvgIpc) is 2.84. The van der Waals surface area contributed by atoms with Crippen molar-refractivity contribution in [2.24, 2.45) is 0 Å². The van der Waals surface area contributed by atoms with E-state index in [1.165, 1.54) is 0 Å². The highest BCUT2D eigenvalue weighted by Crippen LogP contribution is 2.46. The van der Waals surface area contributed by atoms with Gasteiger partial charge in [0.2, 0.25) is 0 Å². The number of nitrogens with one attached hydrogen (secondary N) is 1. The van der Waals surface area contributed by atoms with Crippen molar-refractivity contribution >= 4 is 41.6 Å². The molecule has 7 heteroatoms. The Morgan fingerprint density at radius 2 is 1.02 bits per heavy atom. The zero-order chi connectivity index (χ0) is 29.3. The topological polar surface area (TPSA) is 80.3 Å². The predicted octanol–water partition coefficient (Wildman–Crippen LogP) is 8.13. The minimum atomic E-state index is -4.46. The van der Waals surface area contributed by atoms with Gasteiger partial charge >= 0.3 is 0 Å². The van der Waals surface area contributed by atoms with Crippen molar-refractivity contribution < 1.29 is 16.8 Å². The standard InChI is InChI=1S/C33H39NO4S2/c1-18(2)28-16-24-13-20(5)9-11-26(24)30-22(7)15-23(8)31-27-12-10-21(6)14-25(27)17-29(19(3)4)33(31)40(37,38)34-39(35,36)32(28)30/h9-14,16-19,22-23,34H,15H2,1-8H3. The SMILES string of the molecule is Cc1ccc2c3c(c(C(C)C)cc2c1)S(=O)(=O)NS(=O)(=O)c1c(C(C)C)cc2cc(C)ccc2c1C(C)CC3C. The second-order valence-electron chi connectivity index (χ2n) is 12.3. The second kappa shape index (κ2) is 9.97. The van der Waals surface area contributed by atoms with Crippen LogP contribution in [0.1, 0.15) is 105 Å². The number of sulfonamides is 2. The van der Waals surface area contributed by atoms with E-state index >= 15 is 0 Å². The quantitative estimate of drug-likeness (QED) is 0.261. The Balaban J connectivity index is 1.93. The van der Waals surface area contributed by atoms with Gasteiger partial charge in [0.1, 0.15) is 0 Å². The largest absolute Gasteiger partial charge is 0.254 e. The average molecular weight is 578 g/mol. The first-order valence-corrected chi connectivity index (χ1v) is 17.0. The monoisotopic (exact) mass is 577 g/mol. The molecule has 0 bridgehead atoms. The van der Waals surface area contributed by atoms with Crippen molar-refractivity contribution in [2.75, 3.05) is 0 Å². The molecule has 1 heterocycles. The van der Waals surface area contributed by atoms with E-state index in [4.69, 9.17) is 0 Å². The summed E-state index contributed by atoms with van der Waals surface area (Å²) in [7, 11) is -8.92. The summed E-state index contributed by atoms with van der Waals surface area (Å²) in [5, 5.41) is 3.65. The summed E-state index contributed by atoms with van der Waals surface area (Å²) in [5.74, 6) is -0.558. The van der Waals surface area contributed by atoms with Crippen LogP contribution in [0.25, 0.3) is 21.5 Å². The fourth-order valence-corrected chi connectivity index (χ4v) is 10.8. The molecule has 0 aliphatic carbocycles.